The first kappa shape index (κ1) is 21.2. The van der Waals surface area contributed by atoms with Gasteiger partial charge in [0, 0.05) is 47.8 Å². The van der Waals surface area contributed by atoms with Gasteiger partial charge < -0.3 is 10.0 Å². The van der Waals surface area contributed by atoms with Gasteiger partial charge in [-0.25, -0.2) is 4.68 Å². The molecule has 0 amide bonds. The van der Waals surface area contributed by atoms with Gasteiger partial charge >= 0.3 is 0 Å². The maximum atomic E-state index is 12.0. The molecule has 4 saturated carbocycles. The summed E-state index contributed by atoms with van der Waals surface area (Å²) in [6.07, 6.45) is 13.5. The number of aliphatic hydroxyl groups is 1. The summed E-state index contributed by atoms with van der Waals surface area (Å²) in [4.78, 5) is 6.84. The number of hydrogen-bond donors (Lipinski definition) is 1. The first-order valence-corrected chi connectivity index (χ1v) is 13.4. The molecular formula is C28H29ClN6O. The standard InChI is InChI=1S/C28H29ClN6O/c1-17-23(3-2-6-30-17)28(36)20-4-5-21(28)15-33(14-20)26-8-25-19(7-24(26)29)12-32-35(25)22-13-31-34(16-22)27-9-18(10-27)11-27/h2-3,6-8,12-13,16,18,20-21,36H,4-5,9-11,14-15H2,1H3/t18?,20-,21+,27?,28?. The number of hydrogen-bond acceptors (Lipinski definition) is 5. The zero-order valence-electron chi connectivity index (χ0n) is 20.3. The molecule has 9 rings (SSSR count). The number of anilines is 1. The van der Waals surface area contributed by atoms with Gasteiger partial charge in [-0.2, -0.15) is 10.2 Å². The largest absolute Gasteiger partial charge is 0.384 e. The number of benzene rings is 1. The Bertz CT molecular complexity index is 1490. The maximum absolute atomic E-state index is 12.0. The Morgan fingerprint density at radius 3 is 2.53 bits per heavy atom. The van der Waals surface area contributed by atoms with Crippen LogP contribution in [0.4, 0.5) is 5.69 Å². The number of fused-ring (bicyclic) bond motifs is 3. The summed E-state index contributed by atoms with van der Waals surface area (Å²) in [6, 6.07) is 8.18. The molecule has 3 atom stereocenters. The van der Waals surface area contributed by atoms with Crippen LogP contribution in [0.2, 0.25) is 5.02 Å². The van der Waals surface area contributed by atoms with E-state index in [9.17, 15) is 5.11 Å². The fraction of sp³-hybridized carbons (Fsp3) is 0.464. The molecule has 7 nitrogen and oxygen atoms in total. The van der Waals surface area contributed by atoms with E-state index in [1.165, 1.54) is 19.3 Å². The molecule has 1 aromatic carbocycles. The first-order valence-electron chi connectivity index (χ1n) is 13.1. The quantitative estimate of drug-likeness (QED) is 0.435. The highest BCUT2D eigenvalue weighted by molar-refractivity contribution is 6.34. The van der Waals surface area contributed by atoms with Crippen LogP contribution in [-0.2, 0) is 11.1 Å². The Morgan fingerprint density at radius 2 is 1.83 bits per heavy atom. The highest BCUT2D eigenvalue weighted by atomic mass is 35.5. The van der Waals surface area contributed by atoms with Crippen molar-refractivity contribution in [2.75, 3.05) is 18.0 Å². The van der Waals surface area contributed by atoms with Gasteiger partial charge in [-0.05, 0) is 63.1 Å². The summed E-state index contributed by atoms with van der Waals surface area (Å²) >= 11 is 6.85. The van der Waals surface area contributed by atoms with Crippen molar-refractivity contribution < 1.29 is 5.11 Å². The van der Waals surface area contributed by atoms with Crippen molar-refractivity contribution in [3.05, 3.63) is 65.3 Å². The minimum Gasteiger partial charge on any atom is -0.384 e. The molecular weight excluding hydrogens is 472 g/mol. The molecule has 36 heavy (non-hydrogen) atoms. The molecule has 184 valence electrons. The van der Waals surface area contributed by atoms with Crippen molar-refractivity contribution in [3.8, 4) is 5.69 Å². The molecule has 0 radical (unpaired) electrons. The van der Waals surface area contributed by atoms with E-state index in [-0.39, 0.29) is 17.4 Å². The second kappa shape index (κ2) is 7.11. The summed E-state index contributed by atoms with van der Waals surface area (Å²) in [5, 5.41) is 23.1. The van der Waals surface area contributed by atoms with Crippen LogP contribution in [0.1, 0.15) is 43.4 Å². The van der Waals surface area contributed by atoms with Gasteiger partial charge in [-0.1, -0.05) is 17.7 Å². The van der Waals surface area contributed by atoms with Gasteiger partial charge in [0.2, 0.25) is 0 Å². The van der Waals surface area contributed by atoms with Crippen LogP contribution in [0, 0.1) is 24.7 Å². The average molecular weight is 501 g/mol. The van der Waals surface area contributed by atoms with E-state index in [0.717, 1.165) is 70.4 Å². The van der Waals surface area contributed by atoms with Gasteiger partial charge in [0.15, 0.2) is 0 Å². The van der Waals surface area contributed by atoms with Gasteiger partial charge in [0.05, 0.1) is 40.4 Å². The predicted molar refractivity (Wildman–Crippen MR) is 138 cm³/mol. The minimum atomic E-state index is -0.830. The number of aryl methyl sites for hydroxylation is 1. The lowest BCUT2D eigenvalue weighted by molar-refractivity contribution is -0.0977. The lowest BCUT2D eigenvalue weighted by Gasteiger charge is -2.61. The van der Waals surface area contributed by atoms with E-state index in [1.807, 2.05) is 42.2 Å². The number of rotatable bonds is 4. The van der Waals surface area contributed by atoms with Crippen molar-refractivity contribution in [2.24, 2.45) is 17.8 Å². The molecule has 1 unspecified atom stereocenters. The van der Waals surface area contributed by atoms with Crippen LogP contribution in [-0.4, -0.2) is 42.7 Å². The number of piperidine rings is 1. The second-order valence-corrected chi connectivity index (χ2v) is 12.0. The normalized spacial score (nSPS) is 32.5. The van der Waals surface area contributed by atoms with Crippen LogP contribution < -0.4 is 4.90 Å². The molecule has 5 fully saturated rings. The van der Waals surface area contributed by atoms with Crippen LogP contribution in [0.5, 0.6) is 0 Å². The molecule has 4 bridgehead atoms. The van der Waals surface area contributed by atoms with Crippen LogP contribution in [0.3, 0.4) is 0 Å². The molecule has 8 heteroatoms. The zero-order valence-corrected chi connectivity index (χ0v) is 21.1. The monoisotopic (exact) mass is 500 g/mol. The molecule has 3 aromatic heterocycles. The Hall–Kier alpha value is -2.90. The van der Waals surface area contributed by atoms with E-state index >= 15 is 0 Å². The molecule has 4 aromatic rings. The summed E-state index contributed by atoms with van der Waals surface area (Å²) in [7, 11) is 0. The summed E-state index contributed by atoms with van der Waals surface area (Å²) < 4.78 is 4.15. The van der Waals surface area contributed by atoms with Crippen LogP contribution >= 0.6 is 11.6 Å². The molecule has 4 aliphatic carbocycles. The van der Waals surface area contributed by atoms with Gasteiger partial charge in [-0.3, -0.25) is 9.67 Å². The third-order valence-corrected chi connectivity index (χ3v) is 10.0. The highest BCUT2D eigenvalue weighted by Crippen LogP contribution is 2.62. The fourth-order valence-corrected chi connectivity index (χ4v) is 7.96. The van der Waals surface area contributed by atoms with Crippen molar-refractivity contribution in [2.45, 2.75) is 50.2 Å². The van der Waals surface area contributed by atoms with E-state index < -0.39 is 5.60 Å². The summed E-state index contributed by atoms with van der Waals surface area (Å²) in [5.74, 6) is 1.19. The van der Waals surface area contributed by atoms with Gasteiger partial charge in [-0.15, -0.1) is 0 Å². The highest BCUT2D eigenvalue weighted by Gasteiger charge is 2.58. The van der Waals surface area contributed by atoms with E-state index in [0.29, 0.717) is 0 Å². The smallest absolute Gasteiger partial charge is 0.103 e. The Balaban J connectivity index is 1.14. The topological polar surface area (TPSA) is 72.0 Å². The van der Waals surface area contributed by atoms with E-state index in [2.05, 4.69) is 26.8 Å². The molecule has 1 aliphatic heterocycles. The third kappa shape index (κ3) is 2.70. The van der Waals surface area contributed by atoms with Crippen molar-refractivity contribution in [3.63, 3.8) is 0 Å². The lowest BCUT2D eigenvalue weighted by atomic mass is 9.50. The molecule has 0 spiro atoms. The lowest BCUT2D eigenvalue weighted by Crippen LogP contribution is -2.59. The van der Waals surface area contributed by atoms with Crippen molar-refractivity contribution in [1.82, 2.24) is 24.5 Å². The number of aromatic nitrogens is 5. The molecule has 4 heterocycles. The van der Waals surface area contributed by atoms with Crippen molar-refractivity contribution in [1.29, 1.82) is 0 Å². The Labute approximate surface area is 214 Å². The summed E-state index contributed by atoms with van der Waals surface area (Å²) in [5.41, 5.74) is 4.37. The van der Waals surface area contributed by atoms with Crippen LogP contribution in [0.15, 0.2) is 49.1 Å². The van der Waals surface area contributed by atoms with E-state index in [1.54, 1.807) is 6.20 Å². The zero-order chi connectivity index (χ0) is 24.2. The Morgan fingerprint density at radius 1 is 1.06 bits per heavy atom. The number of pyridine rings is 1. The average Bonchev–Trinajstić information content (AvgIpc) is 3.45. The van der Waals surface area contributed by atoms with E-state index in [4.69, 9.17) is 21.8 Å². The molecule has 5 aliphatic rings. The van der Waals surface area contributed by atoms with Gasteiger partial charge in [0.25, 0.3) is 0 Å². The fourth-order valence-electron chi connectivity index (χ4n) is 7.67. The minimum absolute atomic E-state index is 0.141. The third-order valence-electron chi connectivity index (χ3n) is 9.71. The second-order valence-electron chi connectivity index (χ2n) is 11.6. The first-order chi connectivity index (χ1) is 17.4. The molecule has 1 N–H and O–H groups in total. The number of nitrogens with zero attached hydrogens (tertiary/aromatic N) is 6. The maximum Gasteiger partial charge on any atom is 0.103 e. The SMILES string of the molecule is Cc1ncccc1C1(O)[C@@H]2CC[C@H]1CN(c1cc3c(cnn3-c3cnn(C45CC(C4)C5)c3)cc1Cl)C2. The molecule has 1 saturated heterocycles. The predicted octanol–water partition coefficient (Wildman–Crippen LogP) is 4.82. The number of halogens is 1. The van der Waals surface area contributed by atoms with Gasteiger partial charge in [0.1, 0.15) is 11.3 Å². The summed E-state index contributed by atoms with van der Waals surface area (Å²) in [6.45, 7) is 3.53. The Kier molecular flexibility index (Phi) is 4.19. The van der Waals surface area contributed by atoms with Crippen LogP contribution in [0.25, 0.3) is 16.6 Å². The van der Waals surface area contributed by atoms with Crippen molar-refractivity contribution >= 4 is 28.2 Å².